The van der Waals surface area contributed by atoms with E-state index < -0.39 is 8.07 Å². The Morgan fingerprint density at radius 1 is 0.469 bits per heavy atom. The monoisotopic (exact) mass is 653 g/mol. The van der Waals surface area contributed by atoms with E-state index in [9.17, 15) is 8.78 Å². The fourth-order valence-electron chi connectivity index (χ4n) is 8.24. The lowest BCUT2D eigenvalue weighted by molar-refractivity contribution is 0.460. The quantitative estimate of drug-likeness (QED) is 0.224. The van der Waals surface area contributed by atoms with E-state index in [0.29, 0.717) is 23.0 Å². The summed E-state index contributed by atoms with van der Waals surface area (Å²) in [5, 5.41) is 5.12. The zero-order valence-electron chi connectivity index (χ0n) is 26.1. The van der Waals surface area contributed by atoms with Crippen LogP contribution in [0.2, 0.25) is 0 Å². The van der Waals surface area contributed by atoms with Crippen LogP contribution in [0, 0.1) is 11.6 Å². The molecule has 7 heteroatoms. The van der Waals surface area contributed by atoms with Crippen molar-refractivity contribution in [3.8, 4) is 23.0 Å². The topological polar surface area (TPSA) is 21.7 Å². The Hall–Kier alpha value is -5.92. The highest BCUT2D eigenvalue weighted by molar-refractivity contribution is 7.21. The normalized spacial score (nSPS) is 14.3. The molecule has 0 atom stereocenters. The summed E-state index contributed by atoms with van der Waals surface area (Å²) < 4.78 is 42.3. The molecular formula is C42H26BF2NO2Si. The molecule has 3 aliphatic rings. The molecule has 10 rings (SSSR count). The van der Waals surface area contributed by atoms with E-state index >= 15 is 0 Å². The molecule has 0 N–H and O–H groups in total. The molecule has 3 heterocycles. The third-order valence-corrected chi connectivity index (χ3v) is 15.0. The summed E-state index contributed by atoms with van der Waals surface area (Å²) in [4.78, 5) is 2.28. The molecular weight excluding hydrogens is 627 g/mol. The van der Waals surface area contributed by atoms with Gasteiger partial charge < -0.3 is 14.4 Å². The Kier molecular flexibility index (Phi) is 6.05. The molecule has 0 bridgehead atoms. The molecule has 0 fully saturated rings. The van der Waals surface area contributed by atoms with Gasteiger partial charge in [-0.3, -0.25) is 0 Å². The van der Waals surface area contributed by atoms with Crippen LogP contribution in [0.1, 0.15) is 0 Å². The van der Waals surface area contributed by atoms with Gasteiger partial charge in [0.05, 0.1) is 5.69 Å². The first-order valence-electron chi connectivity index (χ1n) is 16.3. The number of fused-ring (bicyclic) bond motifs is 6. The second-order valence-electron chi connectivity index (χ2n) is 12.7. The van der Waals surface area contributed by atoms with E-state index in [1.807, 2.05) is 12.1 Å². The second-order valence-corrected chi connectivity index (χ2v) is 16.4. The minimum Gasteiger partial charge on any atom is -0.458 e. The molecule has 0 aliphatic carbocycles. The Labute approximate surface area is 283 Å². The number of ether oxygens (including phenoxy) is 2. The van der Waals surface area contributed by atoms with Crippen molar-refractivity contribution in [2.75, 3.05) is 4.90 Å². The molecule has 49 heavy (non-hydrogen) atoms. The summed E-state index contributed by atoms with van der Waals surface area (Å²) in [6.45, 7) is -0.301. The molecule has 3 aliphatic heterocycles. The number of anilines is 3. The van der Waals surface area contributed by atoms with Gasteiger partial charge in [0, 0.05) is 41.1 Å². The Morgan fingerprint density at radius 3 is 1.41 bits per heavy atom. The predicted molar refractivity (Wildman–Crippen MR) is 196 cm³/mol. The molecule has 0 radical (unpaired) electrons. The van der Waals surface area contributed by atoms with Crippen molar-refractivity contribution in [1.82, 2.24) is 0 Å². The number of nitrogens with zero attached hydrogens (tertiary/aromatic N) is 1. The highest BCUT2D eigenvalue weighted by atomic mass is 28.3. The zero-order valence-corrected chi connectivity index (χ0v) is 27.1. The van der Waals surface area contributed by atoms with E-state index in [4.69, 9.17) is 9.47 Å². The van der Waals surface area contributed by atoms with Gasteiger partial charge in [0.2, 0.25) is 0 Å². The van der Waals surface area contributed by atoms with Crippen molar-refractivity contribution >= 4 is 69.0 Å². The maximum Gasteiger partial charge on any atom is 0.260 e. The van der Waals surface area contributed by atoms with Crippen LogP contribution in [0.15, 0.2) is 158 Å². The molecule has 0 spiro atoms. The number of rotatable bonds is 3. The fourth-order valence-corrected chi connectivity index (χ4v) is 13.3. The minimum atomic E-state index is -2.80. The maximum atomic E-state index is 14.6. The van der Waals surface area contributed by atoms with Gasteiger partial charge in [0.15, 0.2) is 8.07 Å². The highest BCUT2D eigenvalue weighted by Crippen LogP contribution is 2.44. The standard InChI is InChI=1S/C42H26BF2NO2Si/c44-27-19-21-32-36(23-27)47-38-25-29(26-39-42(38)43(32)33-22-20-28(45)24-37(33)48-39)46-34-15-7-9-17-40(34)49(30-11-3-1-4-12-30,31-13-5-2-6-14-31)41-18-10-8-16-35(41)46/h1-26H. The summed E-state index contributed by atoms with van der Waals surface area (Å²) in [5.41, 5.74) is 5.43. The van der Waals surface area contributed by atoms with Crippen LogP contribution < -0.4 is 51.5 Å². The van der Waals surface area contributed by atoms with Crippen LogP contribution >= 0.6 is 0 Å². The molecule has 3 nitrogen and oxygen atoms in total. The van der Waals surface area contributed by atoms with Gasteiger partial charge in [-0.05, 0) is 55.9 Å². The lowest BCUT2D eigenvalue weighted by atomic mass is 9.35. The number of para-hydroxylation sites is 2. The van der Waals surface area contributed by atoms with E-state index in [1.165, 1.54) is 45.0 Å². The summed E-state index contributed by atoms with van der Waals surface area (Å²) in [7, 11) is -2.80. The van der Waals surface area contributed by atoms with E-state index in [2.05, 4.69) is 114 Å². The summed E-state index contributed by atoms with van der Waals surface area (Å²) in [5.74, 6) is 1.29. The lowest BCUT2D eigenvalue weighted by Crippen LogP contribution is -2.77. The first kappa shape index (κ1) is 28.1. The van der Waals surface area contributed by atoms with Gasteiger partial charge in [-0.2, -0.15) is 0 Å². The van der Waals surface area contributed by atoms with E-state index in [-0.39, 0.29) is 18.3 Å². The Balaban J connectivity index is 1.25. The number of benzene rings is 7. The Morgan fingerprint density at radius 2 is 0.918 bits per heavy atom. The lowest BCUT2D eigenvalue weighted by Gasteiger charge is -2.45. The van der Waals surface area contributed by atoms with Crippen LogP contribution in [0.4, 0.5) is 25.8 Å². The van der Waals surface area contributed by atoms with E-state index in [0.717, 1.165) is 33.5 Å². The van der Waals surface area contributed by atoms with Gasteiger partial charge in [0.25, 0.3) is 6.71 Å². The number of halogens is 2. The highest BCUT2D eigenvalue weighted by Gasteiger charge is 2.49. The maximum absolute atomic E-state index is 14.6. The molecule has 232 valence electrons. The molecule has 0 saturated heterocycles. The smallest absolute Gasteiger partial charge is 0.260 e. The van der Waals surface area contributed by atoms with Crippen LogP contribution in [-0.2, 0) is 0 Å². The molecule has 0 saturated carbocycles. The van der Waals surface area contributed by atoms with Crippen molar-refractivity contribution in [1.29, 1.82) is 0 Å². The minimum absolute atomic E-state index is 0.301. The van der Waals surface area contributed by atoms with Crippen LogP contribution in [0.5, 0.6) is 23.0 Å². The summed E-state index contributed by atoms with van der Waals surface area (Å²) in [6.07, 6.45) is 0. The third kappa shape index (κ3) is 4.00. The Bertz CT molecular complexity index is 2290. The van der Waals surface area contributed by atoms with Gasteiger partial charge in [-0.1, -0.05) is 109 Å². The van der Waals surface area contributed by atoms with Gasteiger partial charge >= 0.3 is 0 Å². The number of hydrogen-bond donors (Lipinski definition) is 0. The van der Waals surface area contributed by atoms with Gasteiger partial charge in [-0.25, -0.2) is 8.78 Å². The van der Waals surface area contributed by atoms with Crippen molar-refractivity contribution in [3.05, 3.63) is 169 Å². The first-order chi connectivity index (χ1) is 24.1. The van der Waals surface area contributed by atoms with Crippen LogP contribution in [-0.4, -0.2) is 14.8 Å². The summed E-state index contributed by atoms with van der Waals surface area (Å²) >= 11 is 0. The zero-order chi connectivity index (χ0) is 32.7. The van der Waals surface area contributed by atoms with Crippen LogP contribution in [0.3, 0.4) is 0 Å². The van der Waals surface area contributed by atoms with Crippen molar-refractivity contribution in [3.63, 3.8) is 0 Å². The van der Waals surface area contributed by atoms with Gasteiger partial charge in [-0.15, -0.1) is 0 Å². The molecule has 7 aromatic carbocycles. The van der Waals surface area contributed by atoms with Crippen molar-refractivity contribution in [2.45, 2.75) is 0 Å². The average Bonchev–Trinajstić information content (AvgIpc) is 3.14. The predicted octanol–water partition coefficient (Wildman–Crippen LogP) is 5.85. The third-order valence-electron chi connectivity index (χ3n) is 10.2. The SMILES string of the molecule is Fc1ccc2c(c1)Oc1cc(N3c4ccccc4[Si](c4ccccc4)(c4ccccc4)c4ccccc43)cc3c1B2c1ccc(F)cc1O3. The van der Waals surface area contributed by atoms with Gasteiger partial charge in [0.1, 0.15) is 34.6 Å². The number of hydrogen-bond acceptors (Lipinski definition) is 3. The largest absolute Gasteiger partial charge is 0.458 e. The average molecular weight is 654 g/mol. The molecule has 0 amide bonds. The van der Waals surface area contributed by atoms with Crippen molar-refractivity contribution < 1.29 is 18.3 Å². The van der Waals surface area contributed by atoms with Crippen molar-refractivity contribution in [2.24, 2.45) is 0 Å². The second kappa shape index (κ2) is 10.5. The van der Waals surface area contributed by atoms with E-state index in [1.54, 1.807) is 12.1 Å². The molecule has 0 aromatic heterocycles. The first-order valence-corrected chi connectivity index (χ1v) is 18.3. The summed E-state index contributed by atoms with van der Waals surface area (Å²) in [6, 6.07) is 52.4. The van der Waals surface area contributed by atoms with Crippen LogP contribution in [0.25, 0.3) is 0 Å². The molecule has 7 aromatic rings. The molecule has 0 unspecified atom stereocenters. The fraction of sp³-hybridized carbons (Fsp3) is 0.